The third-order valence-electron chi connectivity index (χ3n) is 2.28. The maximum Gasteiger partial charge on any atom is 0.315 e. The maximum atomic E-state index is 5.45. The minimum Gasteiger partial charge on any atom is -0.407 e. The molecule has 0 saturated carbocycles. The SMILES string of the molecule is COCCNCc1nnc(NCC(C)CSC)o1. The molecule has 6 nitrogen and oxygen atoms in total. The Morgan fingerprint density at radius 3 is 3.00 bits per heavy atom. The van der Waals surface area contributed by atoms with E-state index in [-0.39, 0.29) is 0 Å². The van der Waals surface area contributed by atoms with Crippen molar-refractivity contribution in [2.75, 3.05) is 44.1 Å². The van der Waals surface area contributed by atoms with Crippen molar-refractivity contribution in [3.63, 3.8) is 0 Å². The molecule has 0 amide bonds. The summed E-state index contributed by atoms with van der Waals surface area (Å²) in [4.78, 5) is 0. The van der Waals surface area contributed by atoms with Crippen molar-refractivity contribution in [1.29, 1.82) is 0 Å². The third kappa shape index (κ3) is 6.23. The van der Waals surface area contributed by atoms with Crippen LogP contribution < -0.4 is 10.6 Å². The van der Waals surface area contributed by atoms with Gasteiger partial charge in [0, 0.05) is 20.2 Å². The predicted molar refractivity (Wildman–Crippen MR) is 73.9 cm³/mol. The normalized spacial score (nSPS) is 12.6. The first kappa shape index (κ1) is 15.3. The molecule has 0 fully saturated rings. The second-order valence-electron chi connectivity index (χ2n) is 4.11. The van der Waals surface area contributed by atoms with Crippen LogP contribution in [0, 0.1) is 5.92 Å². The highest BCUT2D eigenvalue weighted by atomic mass is 32.2. The average molecular weight is 274 g/mol. The van der Waals surface area contributed by atoms with E-state index in [2.05, 4.69) is 34.0 Å². The van der Waals surface area contributed by atoms with E-state index >= 15 is 0 Å². The van der Waals surface area contributed by atoms with Gasteiger partial charge in [0.15, 0.2) is 0 Å². The van der Waals surface area contributed by atoms with Crippen molar-refractivity contribution in [1.82, 2.24) is 15.5 Å². The standard InChI is InChI=1S/C11H22N4O2S/c1-9(8-18-3)6-13-11-15-14-10(17-11)7-12-4-5-16-2/h9,12H,4-8H2,1-3H3,(H,13,15). The first-order valence-electron chi connectivity index (χ1n) is 6.01. The molecular formula is C11H22N4O2S. The number of anilines is 1. The van der Waals surface area contributed by atoms with Crippen molar-refractivity contribution >= 4 is 17.8 Å². The van der Waals surface area contributed by atoms with Crippen LogP contribution in [0.25, 0.3) is 0 Å². The van der Waals surface area contributed by atoms with Crippen molar-refractivity contribution in [2.45, 2.75) is 13.5 Å². The van der Waals surface area contributed by atoms with Crippen LogP contribution in [0.2, 0.25) is 0 Å². The van der Waals surface area contributed by atoms with Crippen LogP contribution in [-0.2, 0) is 11.3 Å². The van der Waals surface area contributed by atoms with E-state index in [0.717, 1.165) is 18.8 Å². The van der Waals surface area contributed by atoms with Crippen LogP contribution in [0.1, 0.15) is 12.8 Å². The second-order valence-corrected chi connectivity index (χ2v) is 5.02. The van der Waals surface area contributed by atoms with Gasteiger partial charge in [0.05, 0.1) is 13.2 Å². The lowest BCUT2D eigenvalue weighted by molar-refractivity contribution is 0.198. The van der Waals surface area contributed by atoms with Gasteiger partial charge in [-0.15, -0.1) is 5.10 Å². The van der Waals surface area contributed by atoms with Crippen LogP contribution in [0.15, 0.2) is 4.42 Å². The smallest absolute Gasteiger partial charge is 0.315 e. The van der Waals surface area contributed by atoms with Crippen molar-refractivity contribution in [2.24, 2.45) is 5.92 Å². The average Bonchev–Trinajstić information content (AvgIpc) is 2.81. The zero-order chi connectivity index (χ0) is 13.2. The fourth-order valence-corrected chi connectivity index (χ4v) is 2.06. The molecule has 1 atom stereocenters. The van der Waals surface area contributed by atoms with Gasteiger partial charge >= 0.3 is 6.01 Å². The Morgan fingerprint density at radius 2 is 2.28 bits per heavy atom. The van der Waals surface area contributed by atoms with E-state index in [0.29, 0.717) is 31.0 Å². The minimum absolute atomic E-state index is 0.492. The summed E-state index contributed by atoms with van der Waals surface area (Å²) in [5, 5.41) is 14.2. The van der Waals surface area contributed by atoms with E-state index in [9.17, 15) is 0 Å². The first-order valence-corrected chi connectivity index (χ1v) is 7.40. The van der Waals surface area contributed by atoms with Gasteiger partial charge in [0.1, 0.15) is 0 Å². The van der Waals surface area contributed by atoms with Crippen LogP contribution in [0.4, 0.5) is 6.01 Å². The number of ether oxygens (including phenoxy) is 1. The molecule has 0 bridgehead atoms. The Morgan fingerprint density at radius 1 is 1.44 bits per heavy atom. The predicted octanol–water partition coefficient (Wildman–Crippen LogP) is 1.22. The highest BCUT2D eigenvalue weighted by molar-refractivity contribution is 7.98. The lowest BCUT2D eigenvalue weighted by atomic mass is 10.2. The molecule has 1 aromatic heterocycles. The summed E-state index contributed by atoms with van der Waals surface area (Å²) in [6.45, 7) is 5.04. The number of thioether (sulfide) groups is 1. The van der Waals surface area contributed by atoms with Crippen molar-refractivity contribution in [3.8, 4) is 0 Å². The lowest BCUT2D eigenvalue weighted by Crippen LogP contribution is -2.18. The Hall–Kier alpha value is -0.790. The number of nitrogens with zero attached hydrogens (tertiary/aromatic N) is 2. The zero-order valence-electron chi connectivity index (χ0n) is 11.2. The number of methoxy groups -OCH3 is 1. The molecule has 1 rings (SSSR count). The first-order chi connectivity index (χ1) is 8.76. The fourth-order valence-electron chi connectivity index (χ4n) is 1.37. The Kier molecular flexibility index (Phi) is 7.79. The van der Waals surface area contributed by atoms with Crippen LogP contribution in [-0.4, -0.2) is 49.0 Å². The molecule has 1 heterocycles. The second kappa shape index (κ2) is 9.18. The summed E-state index contributed by atoms with van der Waals surface area (Å²) < 4.78 is 10.4. The van der Waals surface area contributed by atoms with Crippen LogP contribution in [0.5, 0.6) is 0 Å². The lowest BCUT2D eigenvalue weighted by Gasteiger charge is -2.08. The van der Waals surface area contributed by atoms with Gasteiger partial charge in [0.25, 0.3) is 0 Å². The molecule has 0 saturated heterocycles. The molecule has 0 spiro atoms. The Bertz CT molecular complexity index is 322. The largest absolute Gasteiger partial charge is 0.407 e. The summed E-state index contributed by atoms with van der Waals surface area (Å²) in [5.74, 6) is 2.29. The molecule has 1 aromatic rings. The summed E-state index contributed by atoms with van der Waals surface area (Å²) in [7, 11) is 1.67. The van der Waals surface area contributed by atoms with Crippen molar-refractivity contribution < 1.29 is 9.15 Å². The fraction of sp³-hybridized carbons (Fsp3) is 0.818. The van der Waals surface area contributed by atoms with Gasteiger partial charge in [0.2, 0.25) is 5.89 Å². The minimum atomic E-state index is 0.492. The van der Waals surface area contributed by atoms with Gasteiger partial charge in [-0.05, 0) is 17.9 Å². The molecule has 0 aliphatic heterocycles. The van der Waals surface area contributed by atoms with Gasteiger partial charge in [-0.2, -0.15) is 11.8 Å². The third-order valence-corrected chi connectivity index (χ3v) is 3.18. The molecule has 0 aliphatic carbocycles. The topological polar surface area (TPSA) is 72.2 Å². The highest BCUT2D eigenvalue weighted by Gasteiger charge is 2.07. The molecular weight excluding hydrogens is 252 g/mol. The summed E-state index contributed by atoms with van der Waals surface area (Å²) in [6, 6.07) is 0.492. The summed E-state index contributed by atoms with van der Waals surface area (Å²) in [5.41, 5.74) is 0. The molecule has 0 aliphatic rings. The molecule has 2 N–H and O–H groups in total. The van der Waals surface area contributed by atoms with E-state index in [1.54, 1.807) is 7.11 Å². The number of aromatic nitrogens is 2. The van der Waals surface area contributed by atoms with E-state index < -0.39 is 0 Å². The number of hydrogen-bond acceptors (Lipinski definition) is 7. The monoisotopic (exact) mass is 274 g/mol. The Labute approximate surface area is 112 Å². The summed E-state index contributed by atoms with van der Waals surface area (Å²) in [6.07, 6.45) is 2.10. The zero-order valence-corrected chi connectivity index (χ0v) is 12.0. The quantitative estimate of drug-likeness (QED) is 0.621. The number of nitrogens with one attached hydrogen (secondary N) is 2. The van der Waals surface area contributed by atoms with E-state index in [4.69, 9.17) is 9.15 Å². The molecule has 0 radical (unpaired) electrons. The highest BCUT2D eigenvalue weighted by Crippen LogP contribution is 2.08. The van der Waals surface area contributed by atoms with E-state index in [1.807, 2.05) is 11.8 Å². The molecule has 104 valence electrons. The van der Waals surface area contributed by atoms with Crippen LogP contribution >= 0.6 is 11.8 Å². The Balaban J connectivity index is 2.21. The number of hydrogen-bond donors (Lipinski definition) is 2. The number of rotatable bonds is 10. The van der Waals surface area contributed by atoms with Gasteiger partial charge in [-0.3, -0.25) is 0 Å². The molecule has 0 aromatic carbocycles. The van der Waals surface area contributed by atoms with Gasteiger partial charge in [-0.25, -0.2) is 0 Å². The summed E-state index contributed by atoms with van der Waals surface area (Å²) >= 11 is 1.84. The van der Waals surface area contributed by atoms with Gasteiger partial charge < -0.3 is 19.8 Å². The molecule has 1 unspecified atom stereocenters. The maximum absolute atomic E-state index is 5.45. The van der Waals surface area contributed by atoms with E-state index in [1.165, 1.54) is 0 Å². The molecule has 7 heteroatoms. The molecule has 18 heavy (non-hydrogen) atoms. The van der Waals surface area contributed by atoms with Gasteiger partial charge in [-0.1, -0.05) is 12.0 Å². The van der Waals surface area contributed by atoms with Crippen molar-refractivity contribution in [3.05, 3.63) is 5.89 Å². The van der Waals surface area contributed by atoms with Crippen LogP contribution in [0.3, 0.4) is 0 Å².